The number of pyridine rings is 1. The number of hydrogen-bond acceptors (Lipinski definition) is 4. The zero-order chi connectivity index (χ0) is 12.3. The van der Waals surface area contributed by atoms with Crippen molar-refractivity contribution in [3.63, 3.8) is 0 Å². The normalized spacial score (nSPS) is 22.6. The standard InChI is InChI=1S/C13H20N2O2/c1-10(16)11-4-6-15(8-11)9-12-7-13(17-2)3-5-14-12/h3,5,7,10-11,16H,4,6,8-9H2,1-2H3. The zero-order valence-electron chi connectivity index (χ0n) is 10.5. The second kappa shape index (κ2) is 5.47. The second-order valence-electron chi connectivity index (χ2n) is 4.71. The van der Waals surface area contributed by atoms with Crippen LogP contribution < -0.4 is 4.74 Å². The van der Waals surface area contributed by atoms with Gasteiger partial charge < -0.3 is 9.84 Å². The molecule has 0 aliphatic carbocycles. The van der Waals surface area contributed by atoms with Crippen LogP contribution in [0.1, 0.15) is 19.0 Å². The van der Waals surface area contributed by atoms with E-state index in [4.69, 9.17) is 4.74 Å². The number of methoxy groups -OCH3 is 1. The van der Waals surface area contributed by atoms with Crippen molar-refractivity contribution in [3.05, 3.63) is 24.0 Å². The van der Waals surface area contributed by atoms with Gasteiger partial charge in [0.1, 0.15) is 5.75 Å². The van der Waals surface area contributed by atoms with Crippen LogP contribution in [0.3, 0.4) is 0 Å². The Hall–Kier alpha value is -1.13. The van der Waals surface area contributed by atoms with Gasteiger partial charge in [-0.05, 0) is 31.9 Å². The van der Waals surface area contributed by atoms with Crippen LogP contribution in [0, 0.1) is 5.92 Å². The predicted molar refractivity (Wildman–Crippen MR) is 65.9 cm³/mol. The van der Waals surface area contributed by atoms with Gasteiger partial charge in [0, 0.05) is 25.4 Å². The SMILES string of the molecule is COc1ccnc(CN2CCC(C(C)O)C2)c1. The number of aliphatic hydroxyl groups excluding tert-OH is 1. The minimum atomic E-state index is -0.210. The van der Waals surface area contributed by atoms with E-state index in [1.54, 1.807) is 13.3 Å². The molecule has 4 nitrogen and oxygen atoms in total. The largest absolute Gasteiger partial charge is 0.497 e. The van der Waals surface area contributed by atoms with Gasteiger partial charge >= 0.3 is 0 Å². The molecule has 2 rings (SSSR count). The molecule has 0 bridgehead atoms. The highest BCUT2D eigenvalue weighted by atomic mass is 16.5. The number of likely N-dealkylation sites (tertiary alicyclic amines) is 1. The summed E-state index contributed by atoms with van der Waals surface area (Å²) in [6.45, 7) is 4.70. The Labute approximate surface area is 102 Å². The molecule has 1 aromatic heterocycles. The third kappa shape index (κ3) is 3.17. The monoisotopic (exact) mass is 236 g/mol. The van der Waals surface area contributed by atoms with Gasteiger partial charge in [-0.1, -0.05) is 0 Å². The van der Waals surface area contributed by atoms with Gasteiger partial charge in [-0.25, -0.2) is 0 Å². The third-order valence-corrected chi connectivity index (χ3v) is 3.40. The first-order valence-electron chi connectivity index (χ1n) is 6.08. The summed E-state index contributed by atoms with van der Waals surface area (Å²) in [7, 11) is 1.67. The molecular weight excluding hydrogens is 216 g/mol. The molecule has 1 aliphatic rings. The third-order valence-electron chi connectivity index (χ3n) is 3.40. The van der Waals surface area contributed by atoms with Crippen LogP contribution in [-0.4, -0.2) is 41.3 Å². The summed E-state index contributed by atoms with van der Waals surface area (Å²) >= 11 is 0. The molecular formula is C13H20N2O2. The highest BCUT2D eigenvalue weighted by Gasteiger charge is 2.25. The molecule has 2 unspecified atom stereocenters. The molecule has 94 valence electrons. The molecule has 0 radical (unpaired) electrons. The average molecular weight is 236 g/mol. The zero-order valence-corrected chi connectivity index (χ0v) is 10.5. The number of hydrogen-bond donors (Lipinski definition) is 1. The average Bonchev–Trinajstić information content (AvgIpc) is 2.78. The highest BCUT2D eigenvalue weighted by molar-refractivity contribution is 5.22. The van der Waals surface area contributed by atoms with E-state index in [-0.39, 0.29) is 6.10 Å². The van der Waals surface area contributed by atoms with E-state index < -0.39 is 0 Å². The van der Waals surface area contributed by atoms with Crippen molar-refractivity contribution in [2.45, 2.75) is 26.0 Å². The molecule has 2 atom stereocenters. The molecule has 1 fully saturated rings. The van der Waals surface area contributed by atoms with Crippen molar-refractivity contribution < 1.29 is 9.84 Å². The van der Waals surface area contributed by atoms with Gasteiger partial charge in [-0.15, -0.1) is 0 Å². The number of aliphatic hydroxyl groups is 1. The number of aromatic nitrogens is 1. The summed E-state index contributed by atoms with van der Waals surface area (Å²) in [5, 5.41) is 9.56. The smallest absolute Gasteiger partial charge is 0.122 e. The first kappa shape index (κ1) is 12.3. The first-order chi connectivity index (χ1) is 8.19. The number of rotatable bonds is 4. The van der Waals surface area contributed by atoms with E-state index in [9.17, 15) is 5.11 Å². The fraction of sp³-hybridized carbons (Fsp3) is 0.615. The van der Waals surface area contributed by atoms with Crippen LogP contribution in [0.25, 0.3) is 0 Å². The van der Waals surface area contributed by atoms with E-state index in [0.29, 0.717) is 5.92 Å². The van der Waals surface area contributed by atoms with Gasteiger partial charge in [-0.2, -0.15) is 0 Å². The van der Waals surface area contributed by atoms with E-state index in [2.05, 4.69) is 9.88 Å². The molecule has 0 spiro atoms. The maximum Gasteiger partial charge on any atom is 0.122 e. The minimum Gasteiger partial charge on any atom is -0.497 e. The summed E-state index contributed by atoms with van der Waals surface area (Å²) in [5.74, 6) is 1.25. The van der Waals surface area contributed by atoms with E-state index in [1.165, 1.54) is 0 Å². The Balaban J connectivity index is 1.93. The Kier molecular flexibility index (Phi) is 3.97. The van der Waals surface area contributed by atoms with Crippen molar-refractivity contribution in [2.24, 2.45) is 5.92 Å². The summed E-state index contributed by atoms with van der Waals surface area (Å²) in [5.41, 5.74) is 1.02. The van der Waals surface area contributed by atoms with Gasteiger partial charge in [0.2, 0.25) is 0 Å². The molecule has 1 saturated heterocycles. The van der Waals surface area contributed by atoms with Crippen molar-refractivity contribution >= 4 is 0 Å². The molecule has 0 aromatic carbocycles. The van der Waals surface area contributed by atoms with Gasteiger partial charge in [0.05, 0.1) is 18.9 Å². The van der Waals surface area contributed by atoms with Crippen LogP contribution in [0.15, 0.2) is 18.3 Å². The van der Waals surface area contributed by atoms with Gasteiger partial charge in [0.15, 0.2) is 0 Å². The number of ether oxygens (including phenoxy) is 1. The maximum atomic E-state index is 9.56. The van der Waals surface area contributed by atoms with Gasteiger partial charge in [-0.3, -0.25) is 9.88 Å². The lowest BCUT2D eigenvalue weighted by Gasteiger charge is -2.17. The van der Waals surface area contributed by atoms with Crippen LogP contribution in [0.5, 0.6) is 5.75 Å². The van der Waals surface area contributed by atoms with Crippen LogP contribution in [0.4, 0.5) is 0 Å². The Bertz CT molecular complexity index is 368. The van der Waals surface area contributed by atoms with Crippen LogP contribution in [0.2, 0.25) is 0 Å². The quantitative estimate of drug-likeness (QED) is 0.855. The molecule has 0 saturated carbocycles. The number of nitrogens with zero attached hydrogens (tertiary/aromatic N) is 2. The Morgan fingerprint density at radius 2 is 2.47 bits per heavy atom. The molecule has 0 amide bonds. The lowest BCUT2D eigenvalue weighted by Crippen LogP contribution is -2.24. The Morgan fingerprint density at radius 1 is 1.65 bits per heavy atom. The molecule has 1 aliphatic heterocycles. The molecule has 2 heterocycles. The molecule has 4 heteroatoms. The van der Waals surface area contributed by atoms with E-state index >= 15 is 0 Å². The molecule has 1 aromatic rings. The van der Waals surface area contributed by atoms with Crippen molar-refractivity contribution in [1.82, 2.24) is 9.88 Å². The summed E-state index contributed by atoms with van der Waals surface area (Å²) in [6.07, 6.45) is 2.64. The first-order valence-corrected chi connectivity index (χ1v) is 6.08. The molecule has 17 heavy (non-hydrogen) atoms. The summed E-state index contributed by atoms with van der Waals surface area (Å²) in [6, 6.07) is 3.82. The maximum absolute atomic E-state index is 9.56. The highest BCUT2D eigenvalue weighted by Crippen LogP contribution is 2.21. The van der Waals surface area contributed by atoms with Crippen LogP contribution in [-0.2, 0) is 6.54 Å². The molecule has 1 N–H and O–H groups in total. The topological polar surface area (TPSA) is 45.6 Å². The second-order valence-corrected chi connectivity index (χ2v) is 4.71. The lowest BCUT2D eigenvalue weighted by atomic mass is 10.0. The van der Waals surface area contributed by atoms with Gasteiger partial charge in [0.25, 0.3) is 0 Å². The Morgan fingerprint density at radius 3 is 3.12 bits per heavy atom. The fourth-order valence-corrected chi connectivity index (χ4v) is 2.30. The lowest BCUT2D eigenvalue weighted by molar-refractivity contribution is 0.127. The van der Waals surface area contributed by atoms with Crippen molar-refractivity contribution in [3.8, 4) is 5.75 Å². The predicted octanol–water partition coefficient (Wildman–Crippen LogP) is 1.29. The van der Waals surface area contributed by atoms with Crippen molar-refractivity contribution in [2.75, 3.05) is 20.2 Å². The van der Waals surface area contributed by atoms with E-state index in [0.717, 1.165) is 37.5 Å². The summed E-state index contributed by atoms with van der Waals surface area (Å²) in [4.78, 5) is 6.67. The fourth-order valence-electron chi connectivity index (χ4n) is 2.30. The summed E-state index contributed by atoms with van der Waals surface area (Å²) < 4.78 is 5.18. The minimum absolute atomic E-state index is 0.210. The van der Waals surface area contributed by atoms with E-state index in [1.807, 2.05) is 19.1 Å². The van der Waals surface area contributed by atoms with Crippen LogP contribution >= 0.6 is 0 Å². The van der Waals surface area contributed by atoms with Crippen molar-refractivity contribution in [1.29, 1.82) is 0 Å².